The summed E-state index contributed by atoms with van der Waals surface area (Å²) in [5.41, 5.74) is 4.75. The molecule has 5 rings (SSSR count). The van der Waals surface area contributed by atoms with Crippen LogP contribution in [0, 0.1) is 5.82 Å². The molecule has 2 aromatic carbocycles. The summed E-state index contributed by atoms with van der Waals surface area (Å²) in [6.45, 7) is 3.19. The fourth-order valence-corrected chi connectivity index (χ4v) is 4.55. The van der Waals surface area contributed by atoms with Gasteiger partial charge in [-0.05, 0) is 37.6 Å². The van der Waals surface area contributed by atoms with Crippen molar-refractivity contribution in [2.24, 2.45) is 7.05 Å². The van der Waals surface area contributed by atoms with Gasteiger partial charge in [-0.2, -0.15) is 5.10 Å². The first-order valence-electron chi connectivity index (χ1n) is 11.0. The molecule has 5 aromatic rings. The van der Waals surface area contributed by atoms with Crippen molar-refractivity contribution < 1.29 is 12.8 Å². The molecule has 0 aliphatic carbocycles. The predicted octanol–water partition coefficient (Wildman–Crippen LogP) is 4.78. The summed E-state index contributed by atoms with van der Waals surface area (Å²) >= 11 is 0. The number of pyridine rings is 1. The van der Waals surface area contributed by atoms with Crippen LogP contribution in [0.2, 0.25) is 0 Å². The molecule has 10 heteroatoms. The second kappa shape index (κ2) is 8.62. The van der Waals surface area contributed by atoms with Crippen LogP contribution in [0.4, 0.5) is 10.2 Å². The molecule has 35 heavy (non-hydrogen) atoms. The summed E-state index contributed by atoms with van der Waals surface area (Å²) in [5.74, 6) is -0.145. The maximum atomic E-state index is 15.0. The maximum Gasteiger partial charge on any atom is 0.236 e. The van der Waals surface area contributed by atoms with E-state index in [4.69, 9.17) is 0 Å². The molecule has 0 unspecified atom stereocenters. The molecule has 0 fully saturated rings. The quantitative estimate of drug-likeness (QED) is 0.370. The van der Waals surface area contributed by atoms with Gasteiger partial charge in [0.2, 0.25) is 10.0 Å². The number of hydrogen-bond donors (Lipinski definition) is 1. The Kier molecular flexibility index (Phi) is 5.60. The maximum absolute atomic E-state index is 15.0. The van der Waals surface area contributed by atoms with Crippen LogP contribution in [0.1, 0.15) is 13.8 Å². The second-order valence-electron chi connectivity index (χ2n) is 8.45. The SMILES string of the molecule is CC(C)S(=O)(=O)Nc1cc(-n2cnc3c(-c4ccccc4F)c(-c4cnn(C)c4)ccc32)ccn1. The van der Waals surface area contributed by atoms with Crippen molar-refractivity contribution in [1.29, 1.82) is 0 Å². The van der Waals surface area contributed by atoms with Crippen molar-refractivity contribution in [2.75, 3.05) is 4.72 Å². The van der Waals surface area contributed by atoms with E-state index < -0.39 is 15.3 Å². The molecular weight excluding hydrogens is 467 g/mol. The first-order chi connectivity index (χ1) is 16.7. The Labute approximate surface area is 202 Å². The number of nitrogens with one attached hydrogen (secondary N) is 1. The summed E-state index contributed by atoms with van der Waals surface area (Å²) in [7, 11) is -1.72. The summed E-state index contributed by atoms with van der Waals surface area (Å²) in [6.07, 6.45) is 6.77. The Bertz CT molecular complexity index is 1660. The molecule has 0 bridgehead atoms. The zero-order valence-corrected chi connectivity index (χ0v) is 20.2. The Hall–Kier alpha value is -4.05. The lowest BCUT2D eigenvalue weighted by Crippen LogP contribution is -2.23. The normalized spacial score (nSPS) is 11.9. The van der Waals surface area contributed by atoms with Gasteiger partial charge in [0.15, 0.2) is 0 Å². The highest BCUT2D eigenvalue weighted by molar-refractivity contribution is 7.93. The standard InChI is InChI=1S/C25H23FN6O2S/c1-16(2)35(33,34)30-23-12-18(10-11-27-23)32-15-28-25-22(32)9-8-19(17-13-29-31(3)14-17)24(25)20-6-4-5-7-21(20)26/h4-16H,1-3H3,(H,27,30). The number of aromatic nitrogens is 5. The van der Waals surface area contributed by atoms with E-state index in [1.165, 1.54) is 12.3 Å². The van der Waals surface area contributed by atoms with Gasteiger partial charge in [-0.15, -0.1) is 0 Å². The molecule has 3 heterocycles. The zero-order valence-electron chi connectivity index (χ0n) is 19.3. The van der Waals surface area contributed by atoms with Crippen LogP contribution < -0.4 is 4.72 Å². The number of benzene rings is 2. The van der Waals surface area contributed by atoms with Gasteiger partial charge in [0.1, 0.15) is 18.0 Å². The molecule has 0 aliphatic heterocycles. The molecule has 1 N–H and O–H groups in total. The van der Waals surface area contributed by atoms with Crippen LogP contribution in [0.15, 0.2) is 73.4 Å². The summed E-state index contributed by atoms with van der Waals surface area (Å²) in [4.78, 5) is 8.79. The van der Waals surface area contributed by atoms with Gasteiger partial charge >= 0.3 is 0 Å². The molecule has 0 aliphatic rings. The summed E-state index contributed by atoms with van der Waals surface area (Å²) in [5, 5.41) is 3.67. The largest absolute Gasteiger partial charge is 0.299 e. The fourth-order valence-electron chi connectivity index (χ4n) is 3.91. The average molecular weight is 491 g/mol. The van der Waals surface area contributed by atoms with Crippen LogP contribution in [0.3, 0.4) is 0 Å². The molecule has 0 atom stereocenters. The molecule has 0 saturated carbocycles. The molecule has 0 radical (unpaired) electrons. The van der Waals surface area contributed by atoms with Crippen LogP contribution in [-0.2, 0) is 17.1 Å². The van der Waals surface area contributed by atoms with E-state index in [1.54, 1.807) is 61.4 Å². The Morgan fingerprint density at radius 3 is 2.54 bits per heavy atom. The number of sulfonamides is 1. The van der Waals surface area contributed by atoms with E-state index in [1.807, 2.05) is 29.9 Å². The highest BCUT2D eigenvalue weighted by Crippen LogP contribution is 2.39. The van der Waals surface area contributed by atoms with Crippen molar-refractivity contribution in [3.63, 3.8) is 0 Å². The molecule has 3 aromatic heterocycles. The minimum Gasteiger partial charge on any atom is -0.299 e. The van der Waals surface area contributed by atoms with Gasteiger partial charge in [0.05, 0.1) is 28.2 Å². The van der Waals surface area contributed by atoms with Crippen LogP contribution in [-0.4, -0.2) is 38.0 Å². The summed E-state index contributed by atoms with van der Waals surface area (Å²) < 4.78 is 45.6. The van der Waals surface area contributed by atoms with Crippen molar-refractivity contribution in [3.05, 3.63) is 79.3 Å². The van der Waals surface area contributed by atoms with E-state index in [0.29, 0.717) is 22.3 Å². The Morgan fingerprint density at radius 1 is 1.03 bits per heavy atom. The minimum absolute atomic E-state index is 0.208. The first-order valence-corrected chi connectivity index (χ1v) is 12.5. The van der Waals surface area contributed by atoms with Crippen molar-refractivity contribution in [3.8, 4) is 27.9 Å². The highest BCUT2D eigenvalue weighted by atomic mass is 32.2. The minimum atomic E-state index is -3.55. The van der Waals surface area contributed by atoms with Gasteiger partial charge in [-0.3, -0.25) is 14.0 Å². The van der Waals surface area contributed by atoms with E-state index in [0.717, 1.165) is 16.6 Å². The third-order valence-electron chi connectivity index (χ3n) is 5.77. The third-order valence-corrected chi connectivity index (χ3v) is 7.50. The molecule has 178 valence electrons. The van der Waals surface area contributed by atoms with Crippen LogP contribution in [0.25, 0.3) is 39.0 Å². The lowest BCUT2D eigenvalue weighted by atomic mass is 9.94. The lowest BCUT2D eigenvalue weighted by molar-refractivity contribution is 0.592. The van der Waals surface area contributed by atoms with Gasteiger partial charge in [0, 0.05) is 42.2 Å². The Morgan fingerprint density at radius 2 is 1.83 bits per heavy atom. The first kappa shape index (κ1) is 22.7. The average Bonchev–Trinajstić information content (AvgIpc) is 3.45. The highest BCUT2D eigenvalue weighted by Gasteiger charge is 2.20. The van der Waals surface area contributed by atoms with Crippen LogP contribution >= 0.6 is 0 Å². The van der Waals surface area contributed by atoms with E-state index in [9.17, 15) is 12.8 Å². The van der Waals surface area contributed by atoms with Gasteiger partial charge in [0.25, 0.3) is 0 Å². The number of fused-ring (bicyclic) bond motifs is 1. The predicted molar refractivity (Wildman–Crippen MR) is 134 cm³/mol. The number of aryl methyl sites for hydroxylation is 1. The zero-order chi connectivity index (χ0) is 24.7. The van der Waals surface area contributed by atoms with Crippen molar-refractivity contribution in [1.82, 2.24) is 24.3 Å². The van der Waals surface area contributed by atoms with Gasteiger partial charge < -0.3 is 0 Å². The third kappa shape index (κ3) is 4.17. The van der Waals surface area contributed by atoms with E-state index in [2.05, 4.69) is 19.8 Å². The number of imidazole rings is 1. The Balaban J connectivity index is 1.69. The second-order valence-corrected chi connectivity index (χ2v) is 10.7. The number of rotatable bonds is 6. The molecular formula is C25H23FN6O2S. The van der Waals surface area contributed by atoms with Crippen LogP contribution in [0.5, 0.6) is 0 Å². The molecule has 0 spiro atoms. The molecule has 0 saturated heterocycles. The van der Waals surface area contributed by atoms with Gasteiger partial charge in [-0.25, -0.2) is 22.8 Å². The number of hydrogen-bond acceptors (Lipinski definition) is 5. The number of anilines is 1. The molecule has 0 amide bonds. The summed E-state index contributed by atoms with van der Waals surface area (Å²) in [6, 6.07) is 13.8. The lowest BCUT2D eigenvalue weighted by Gasteiger charge is -2.13. The monoisotopic (exact) mass is 490 g/mol. The number of halogens is 1. The topological polar surface area (TPSA) is 94.7 Å². The van der Waals surface area contributed by atoms with Gasteiger partial charge in [-0.1, -0.05) is 24.3 Å². The van der Waals surface area contributed by atoms with Crippen molar-refractivity contribution in [2.45, 2.75) is 19.1 Å². The van der Waals surface area contributed by atoms with E-state index >= 15 is 0 Å². The smallest absolute Gasteiger partial charge is 0.236 e. The number of nitrogens with zero attached hydrogens (tertiary/aromatic N) is 5. The molecule has 8 nitrogen and oxygen atoms in total. The fraction of sp³-hybridized carbons (Fsp3) is 0.160. The van der Waals surface area contributed by atoms with Crippen molar-refractivity contribution >= 4 is 26.9 Å². The van der Waals surface area contributed by atoms with E-state index in [-0.39, 0.29) is 11.6 Å².